The average Bonchev–Trinajstić information content (AvgIpc) is 2.75. The van der Waals surface area contributed by atoms with Crippen molar-refractivity contribution in [2.75, 3.05) is 37.0 Å². The molecule has 0 radical (unpaired) electrons. The molecule has 1 amide bonds. The van der Waals surface area contributed by atoms with Crippen LogP contribution < -0.4 is 10.3 Å². The Morgan fingerprint density at radius 3 is 2.80 bits per heavy atom. The van der Waals surface area contributed by atoms with Crippen LogP contribution in [0, 0.1) is 10.1 Å². The summed E-state index contributed by atoms with van der Waals surface area (Å²) < 4.78 is 5.36. The molecule has 1 N–H and O–H groups in total. The number of morpholine rings is 1. The third kappa shape index (κ3) is 6.19. The Bertz CT molecular complexity index is 935. The second-order valence-electron chi connectivity index (χ2n) is 6.48. The molecule has 1 saturated heterocycles. The first kappa shape index (κ1) is 22.1. The average molecular weight is 449 g/mol. The summed E-state index contributed by atoms with van der Waals surface area (Å²) in [5.41, 5.74) is 4.79. The lowest BCUT2D eigenvalue weighted by atomic mass is 10.1. The van der Waals surface area contributed by atoms with E-state index in [1.54, 1.807) is 6.07 Å². The number of nitrogens with one attached hydrogen (secondary N) is 1. The Hall–Kier alpha value is -2.62. The Morgan fingerprint density at radius 2 is 2.07 bits per heavy atom. The summed E-state index contributed by atoms with van der Waals surface area (Å²) in [5.74, 6) is 0.568. The van der Waals surface area contributed by atoms with Gasteiger partial charge in [-0.3, -0.25) is 14.9 Å². The topological polar surface area (TPSA) is 97.1 Å². The van der Waals surface area contributed by atoms with Gasteiger partial charge in [-0.25, -0.2) is 5.43 Å². The molecule has 2 aromatic carbocycles. The summed E-state index contributed by atoms with van der Waals surface area (Å²) in [6.07, 6.45) is 1.44. The molecule has 0 saturated carbocycles. The zero-order valence-corrected chi connectivity index (χ0v) is 17.7. The zero-order valence-electron chi connectivity index (χ0n) is 16.1. The number of thioether (sulfide) groups is 1. The molecule has 10 heteroatoms. The fourth-order valence-corrected chi connectivity index (χ4v) is 4.03. The molecule has 0 aliphatic carbocycles. The number of hydrazone groups is 1. The maximum absolute atomic E-state index is 12.1. The fourth-order valence-electron chi connectivity index (χ4n) is 2.93. The number of rotatable bonds is 8. The molecule has 8 nitrogen and oxygen atoms in total. The van der Waals surface area contributed by atoms with Crippen molar-refractivity contribution in [2.24, 2.45) is 5.10 Å². The van der Waals surface area contributed by atoms with Gasteiger partial charge in [0.15, 0.2) is 0 Å². The molecule has 0 atom stereocenters. The fraction of sp³-hybridized carbons (Fsp3) is 0.300. The number of nitro groups is 1. The highest BCUT2D eigenvalue weighted by Gasteiger charge is 2.17. The normalized spacial score (nSPS) is 14.1. The van der Waals surface area contributed by atoms with Gasteiger partial charge in [0.2, 0.25) is 5.91 Å². The first-order valence-electron chi connectivity index (χ1n) is 9.29. The van der Waals surface area contributed by atoms with E-state index in [0.29, 0.717) is 42.6 Å². The van der Waals surface area contributed by atoms with Gasteiger partial charge in [0.05, 0.1) is 30.1 Å². The summed E-state index contributed by atoms with van der Waals surface area (Å²) in [6, 6.07) is 12.1. The predicted octanol–water partition coefficient (Wildman–Crippen LogP) is 3.47. The molecule has 1 fully saturated rings. The van der Waals surface area contributed by atoms with E-state index in [2.05, 4.69) is 15.4 Å². The van der Waals surface area contributed by atoms with E-state index in [4.69, 9.17) is 16.3 Å². The minimum atomic E-state index is -0.454. The smallest absolute Gasteiger partial charge is 0.270 e. The Balaban J connectivity index is 1.59. The number of hydrogen-bond donors (Lipinski definition) is 1. The molecular weight excluding hydrogens is 428 g/mol. The second-order valence-corrected chi connectivity index (χ2v) is 7.87. The van der Waals surface area contributed by atoms with Gasteiger partial charge in [-0.05, 0) is 17.7 Å². The van der Waals surface area contributed by atoms with Crippen molar-refractivity contribution in [1.29, 1.82) is 0 Å². The van der Waals surface area contributed by atoms with Gasteiger partial charge in [-0.15, -0.1) is 11.8 Å². The molecule has 0 unspecified atom stereocenters. The molecule has 1 aliphatic rings. The second kappa shape index (κ2) is 11.0. The number of anilines is 1. The zero-order chi connectivity index (χ0) is 21.3. The van der Waals surface area contributed by atoms with Crippen LogP contribution >= 0.6 is 23.4 Å². The molecule has 0 bridgehead atoms. The van der Waals surface area contributed by atoms with E-state index >= 15 is 0 Å². The summed E-state index contributed by atoms with van der Waals surface area (Å²) >= 11 is 7.53. The Kier molecular flexibility index (Phi) is 8.06. The highest BCUT2D eigenvalue weighted by Crippen LogP contribution is 2.25. The minimum absolute atomic E-state index is 0.0323. The number of halogens is 1. The lowest BCUT2D eigenvalue weighted by molar-refractivity contribution is -0.384. The standard InChI is InChI=1S/C20H21ClN4O4S/c21-18-4-2-1-3-15(18)13-30-14-20(26)23-22-12-16-11-17(25(27)28)5-6-19(16)24-7-9-29-10-8-24/h1-6,11-12H,7-10,13-14H2,(H,23,26)/b22-12+. The highest BCUT2D eigenvalue weighted by molar-refractivity contribution is 7.99. The first-order chi connectivity index (χ1) is 14.5. The van der Waals surface area contributed by atoms with E-state index < -0.39 is 4.92 Å². The Labute approximate surface area is 183 Å². The summed E-state index contributed by atoms with van der Waals surface area (Å²) in [4.78, 5) is 24.8. The summed E-state index contributed by atoms with van der Waals surface area (Å²) in [5, 5.41) is 15.8. The van der Waals surface area contributed by atoms with Gasteiger partial charge in [0.25, 0.3) is 5.69 Å². The number of nitro benzene ring substituents is 1. The minimum Gasteiger partial charge on any atom is -0.378 e. The lowest BCUT2D eigenvalue weighted by Gasteiger charge is -2.29. The SMILES string of the molecule is O=C(CSCc1ccccc1Cl)N/N=C/c1cc([N+](=O)[O-])ccc1N1CCOCC1. The number of carbonyl (C=O) groups excluding carboxylic acids is 1. The maximum Gasteiger partial charge on any atom is 0.270 e. The van der Waals surface area contributed by atoms with E-state index in [-0.39, 0.29) is 17.3 Å². The molecule has 0 spiro atoms. The third-order valence-electron chi connectivity index (χ3n) is 4.42. The first-order valence-corrected chi connectivity index (χ1v) is 10.8. The summed E-state index contributed by atoms with van der Waals surface area (Å²) in [6.45, 7) is 2.55. The van der Waals surface area contributed by atoms with Gasteiger partial charge in [-0.1, -0.05) is 29.8 Å². The van der Waals surface area contributed by atoms with Crippen LogP contribution in [0.3, 0.4) is 0 Å². The van der Waals surface area contributed by atoms with E-state index in [0.717, 1.165) is 11.3 Å². The van der Waals surface area contributed by atoms with Crippen molar-refractivity contribution in [2.45, 2.75) is 5.75 Å². The number of ether oxygens (including phenoxy) is 1. The van der Waals surface area contributed by atoms with Crippen LogP contribution in [0.5, 0.6) is 0 Å². The number of hydrogen-bond acceptors (Lipinski definition) is 7. The third-order valence-corrected chi connectivity index (χ3v) is 5.77. The van der Waals surface area contributed by atoms with Crippen LogP contribution in [0.4, 0.5) is 11.4 Å². The van der Waals surface area contributed by atoms with Crippen molar-refractivity contribution in [3.05, 3.63) is 68.7 Å². The number of amides is 1. The number of non-ortho nitro benzene ring substituents is 1. The molecule has 1 heterocycles. The highest BCUT2D eigenvalue weighted by atomic mass is 35.5. The van der Waals surface area contributed by atoms with Gasteiger partial charge >= 0.3 is 0 Å². The summed E-state index contributed by atoms with van der Waals surface area (Å²) in [7, 11) is 0. The molecule has 2 aromatic rings. The van der Waals surface area contributed by atoms with Crippen molar-refractivity contribution in [3.8, 4) is 0 Å². The molecule has 0 aromatic heterocycles. The van der Waals surface area contributed by atoms with Crippen LogP contribution in [0.25, 0.3) is 0 Å². The number of benzene rings is 2. The van der Waals surface area contributed by atoms with Crippen molar-refractivity contribution in [3.63, 3.8) is 0 Å². The number of nitrogens with zero attached hydrogens (tertiary/aromatic N) is 3. The van der Waals surface area contributed by atoms with Gasteiger partial charge in [0, 0.05) is 47.2 Å². The van der Waals surface area contributed by atoms with Crippen LogP contribution in [-0.4, -0.2) is 49.1 Å². The van der Waals surface area contributed by atoms with Crippen molar-refractivity contribution in [1.82, 2.24) is 5.43 Å². The molecule has 30 heavy (non-hydrogen) atoms. The number of carbonyl (C=O) groups is 1. The monoisotopic (exact) mass is 448 g/mol. The van der Waals surface area contributed by atoms with Crippen LogP contribution in [0.1, 0.15) is 11.1 Å². The quantitative estimate of drug-likeness (QED) is 0.377. The van der Waals surface area contributed by atoms with Crippen LogP contribution in [0.15, 0.2) is 47.6 Å². The van der Waals surface area contributed by atoms with Crippen LogP contribution in [0.2, 0.25) is 5.02 Å². The lowest BCUT2D eigenvalue weighted by Crippen LogP contribution is -2.36. The predicted molar refractivity (Wildman–Crippen MR) is 119 cm³/mol. The van der Waals surface area contributed by atoms with E-state index in [9.17, 15) is 14.9 Å². The van der Waals surface area contributed by atoms with Gasteiger partial charge < -0.3 is 9.64 Å². The largest absolute Gasteiger partial charge is 0.378 e. The van der Waals surface area contributed by atoms with Crippen molar-refractivity contribution >= 4 is 46.9 Å². The van der Waals surface area contributed by atoms with Gasteiger partial charge in [-0.2, -0.15) is 5.10 Å². The Morgan fingerprint density at radius 1 is 1.30 bits per heavy atom. The van der Waals surface area contributed by atoms with E-state index in [1.807, 2.05) is 24.3 Å². The van der Waals surface area contributed by atoms with Gasteiger partial charge in [0.1, 0.15) is 0 Å². The van der Waals surface area contributed by atoms with E-state index in [1.165, 1.54) is 30.1 Å². The van der Waals surface area contributed by atoms with Crippen molar-refractivity contribution < 1.29 is 14.5 Å². The molecule has 1 aliphatic heterocycles. The van der Waals surface area contributed by atoms with Crippen LogP contribution in [-0.2, 0) is 15.3 Å². The molecule has 158 valence electrons. The molecule has 3 rings (SSSR count). The molecular formula is C20H21ClN4O4S. The maximum atomic E-state index is 12.1.